The van der Waals surface area contributed by atoms with E-state index in [0.717, 1.165) is 5.56 Å². The predicted octanol–water partition coefficient (Wildman–Crippen LogP) is 0.515. The minimum Gasteiger partial charge on any atom is -0.461 e. The summed E-state index contributed by atoms with van der Waals surface area (Å²) < 4.78 is 5.20. The van der Waals surface area contributed by atoms with Crippen LogP contribution in [0.25, 0.3) is 0 Å². The zero-order valence-electron chi connectivity index (χ0n) is 15.2. The topological polar surface area (TPSA) is 90.3 Å². The lowest BCUT2D eigenvalue weighted by Crippen LogP contribution is -2.60. The Bertz CT molecular complexity index is 584. The Hall–Kier alpha value is -1.90. The molecule has 0 aliphatic carbocycles. The van der Waals surface area contributed by atoms with Gasteiger partial charge in [0.25, 0.3) is 0 Å². The van der Waals surface area contributed by atoms with Crippen molar-refractivity contribution in [3.8, 4) is 0 Å². The van der Waals surface area contributed by atoms with Crippen LogP contribution in [-0.2, 0) is 20.9 Å². The molecule has 1 unspecified atom stereocenters. The molecule has 26 heavy (non-hydrogen) atoms. The zero-order chi connectivity index (χ0) is 18.9. The van der Waals surface area contributed by atoms with Gasteiger partial charge in [-0.25, -0.2) is 0 Å². The first-order valence-electron chi connectivity index (χ1n) is 9.03. The first-order valence-corrected chi connectivity index (χ1v) is 9.03. The van der Waals surface area contributed by atoms with Gasteiger partial charge in [0.05, 0.1) is 6.61 Å². The molecular weight excluding hydrogens is 335 g/mol. The lowest BCUT2D eigenvalue weighted by atomic mass is 9.82. The molecule has 8 heteroatoms. The van der Waals surface area contributed by atoms with Gasteiger partial charge in [-0.3, -0.25) is 9.59 Å². The molecule has 0 saturated carbocycles. The summed E-state index contributed by atoms with van der Waals surface area (Å²) in [6.45, 7) is 3.21. The van der Waals surface area contributed by atoms with Gasteiger partial charge in [-0.2, -0.15) is 0 Å². The number of esters is 1. The van der Waals surface area contributed by atoms with E-state index >= 15 is 0 Å². The molecule has 2 rings (SSSR count). The lowest BCUT2D eigenvalue weighted by Gasteiger charge is -2.41. The Balaban J connectivity index is 1.67. The standard InChI is InChI=1S/C18H27BN2O5/c1-19(25)21-11-10-20(12-16(21)13-22)17(23)8-5-9-18(24)26-14-15-6-3-2-4-7-15/h2-4,6-7,16,22,25H,5,8-14H2,1H3. The smallest absolute Gasteiger partial charge is 0.376 e. The molecule has 1 aliphatic rings. The average molecular weight is 362 g/mol. The molecule has 1 heterocycles. The van der Waals surface area contributed by atoms with Crippen molar-refractivity contribution >= 4 is 18.9 Å². The summed E-state index contributed by atoms with van der Waals surface area (Å²) in [4.78, 5) is 27.6. The maximum absolute atomic E-state index is 12.3. The van der Waals surface area contributed by atoms with E-state index in [9.17, 15) is 19.7 Å². The fraction of sp³-hybridized carbons (Fsp3) is 0.556. The molecule has 0 radical (unpaired) electrons. The number of carbonyl (C=O) groups is 2. The van der Waals surface area contributed by atoms with Gasteiger partial charge < -0.3 is 24.6 Å². The van der Waals surface area contributed by atoms with Crippen molar-refractivity contribution < 1.29 is 24.5 Å². The van der Waals surface area contributed by atoms with E-state index in [2.05, 4.69) is 0 Å². The third-order valence-electron chi connectivity index (χ3n) is 4.59. The van der Waals surface area contributed by atoms with Gasteiger partial charge in [0.1, 0.15) is 6.61 Å². The summed E-state index contributed by atoms with van der Waals surface area (Å²) in [6, 6.07) is 9.20. The van der Waals surface area contributed by atoms with E-state index in [-0.39, 0.29) is 44.0 Å². The number of rotatable bonds is 8. The third kappa shape index (κ3) is 6.12. The maximum Gasteiger partial charge on any atom is 0.376 e. The number of hydrogen-bond donors (Lipinski definition) is 2. The molecule has 1 saturated heterocycles. The first-order chi connectivity index (χ1) is 12.5. The number of hydrogen-bond acceptors (Lipinski definition) is 6. The van der Waals surface area contributed by atoms with E-state index < -0.39 is 7.05 Å². The van der Waals surface area contributed by atoms with E-state index in [4.69, 9.17) is 4.74 Å². The molecule has 0 spiro atoms. The highest BCUT2D eigenvalue weighted by molar-refractivity contribution is 6.45. The molecule has 1 fully saturated rings. The van der Waals surface area contributed by atoms with Crippen molar-refractivity contribution in [2.24, 2.45) is 0 Å². The van der Waals surface area contributed by atoms with Crippen molar-refractivity contribution in [2.75, 3.05) is 26.2 Å². The van der Waals surface area contributed by atoms with Crippen LogP contribution in [0.5, 0.6) is 0 Å². The molecule has 0 bridgehead atoms. The summed E-state index contributed by atoms with van der Waals surface area (Å²) in [7, 11) is -0.649. The fourth-order valence-corrected chi connectivity index (χ4v) is 3.10. The molecule has 1 aliphatic heterocycles. The van der Waals surface area contributed by atoms with Crippen molar-refractivity contribution in [3.05, 3.63) is 35.9 Å². The van der Waals surface area contributed by atoms with Crippen LogP contribution in [0.1, 0.15) is 24.8 Å². The van der Waals surface area contributed by atoms with Gasteiger partial charge in [-0.05, 0) is 18.8 Å². The number of aliphatic hydroxyl groups is 1. The highest BCUT2D eigenvalue weighted by Crippen LogP contribution is 2.13. The van der Waals surface area contributed by atoms with E-state index in [1.165, 1.54) is 0 Å². The molecule has 1 aromatic carbocycles. The monoisotopic (exact) mass is 362 g/mol. The van der Waals surface area contributed by atoms with Gasteiger partial charge in [0, 0.05) is 38.5 Å². The van der Waals surface area contributed by atoms with E-state index in [0.29, 0.717) is 26.1 Å². The number of benzene rings is 1. The number of ether oxygens (including phenoxy) is 1. The quantitative estimate of drug-likeness (QED) is 0.518. The molecule has 1 amide bonds. The van der Waals surface area contributed by atoms with Gasteiger partial charge in [0.2, 0.25) is 5.91 Å². The second kappa shape index (κ2) is 10.3. The Morgan fingerprint density at radius 3 is 2.62 bits per heavy atom. The fourth-order valence-electron chi connectivity index (χ4n) is 3.10. The largest absolute Gasteiger partial charge is 0.461 e. The summed E-state index contributed by atoms with van der Waals surface area (Å²) in [5.74, 6) is -0.349. The van der Waals surface area contributed by atoms with E-state index in [1.54, 1.807) is 16.5 Å². The Kier molecular flexibility index (Phi) is 8.09. The van der Waals surface area contributed by atoms with Crippen LogP contribution in [0.2, 0.25) is 6.82 Å². The van der Waals surface area contributed by atoms with Gasteiger partial charge in [-0.15, -0.1) is 0 Å². The minimum atomic E-state index is -0.649. The Labute approximate surface area is 154 Å². The molecule has 7 nitrogen and oxygen atoms in total. The Morgan fingerprint density at radius 1 is 1.23 bits per heavy atom. The predicted molar refractivity (Wildman–Crippen MR) is 98.1 cm³/mol. The molecule has 2 N–H and O–H groups in total. The summed E-state index contributed by atoms with van der Waals surface area (Å²) in [5.41, 5.74) is 0.933. The van der Waals surface area contributed by atoms with Gasteiger partial charge >= 0.3 is 13.0 Å². The van der Waals surface area contributed by atoms with Crippen LogP contribution in [0.4, 0.5) is 0 Å². The number of aliphatic hydroxyl groups excluding tert-OH is 1. The molecule has 1 atom stereocenters. The SMILES string of the molecule is CB(O)N1CCN(C(=O)CCCC(=O)OCc2ccccc2)CC1CO. The second-order valence-corrected chi connectivity index (χ2v) is 6.55. The number of amides is 1. The zero-order valence-corrected chi connectivity index (χ0v) is 15.2. The van der Waals surface area contributed by atoms with Crippen LogP contribution in [0, 0.1) is 0 Å². The number of carbonyl (C=O) groups excluding carboxylic acids is 2. The lowest BCUT2D eigenvalue weighted by molar-refractivity contribution is -0.145. The average Bonchev–Trinajstić information content (AvgIpc) is 2.66. The highest BCUT2D eigenvalue weighted by atomic mass is 16.5. The van der Waals surface area contributed by atoms with Crippen molar-refractivity contribution in [3.63, 3.8) is 0 Å². The molecule has 142 valence electrons. The first kappa shape index (κ1) is 20.4. The number of nitrogens with zero attached hydrogens (tertiary/aromatic N) is 2. The Morgan fingerprint density at radius 2 is 1.96 bits per heavy atom. The van der Waals surface area contributed by atoms with Crippen LogP contribution < -0.4 is 0 Å². The highest BCUT2D eigenvalue weighted by Gasteiger charge is 2.32. The van der Waals surface area contributed by atoms with Crippen molar-refractivity contribution in [1.29, 1.82) is 0 Å². The summed E-state index contributed by atoms with van der Waals surface area (Å²) >= 11 is 0. The molecule has 0 aromatic heterocycles. The summed E-state index contributed by atoms with van der Waals surface area (Å²) in [5, 5.41) is 19.2. The van der Waals surface area contributed by atoms with E-state index in [1.807, 2.05) is 30.3 Å². The molecule has 1 aromatic rings. The van der Waals surface area contributed by atoms with Crippen LogP contribution in [0.3, 0.4) is 0 Å². The summed E-state index contributed by atoms with van der Waals surface area (Å²) in [6.07, 6.45) is 0.912. The van der Waals surface area contributed by atoms with Crippen LogP contribution in [-0.4, -0.2) is 71.1 Å². The molecular formula is C18H27BN2O5. The second-order valence-electron chi connectivity index (χ2n) is 6.55. The third-order valence-corrected chi connectivity index (χ3v) is 4.59. The minimum absolute atomic E-state index is 0.0375. The maximum atomic E-state index is 12.3. The van der Waals surface area contributed by atoms with Crippen molar-refractivity contribution in [1.82, 2.24) is 9.71 Å². The normalized spacial score (nSPS) is 17.8. The van der Waals surface area contributed by atoms with Crippen molar-refractivity contribution in [2.45, 2.75) is 38.7 Å². The number of piperazine rings is 1. The van der Waals surface area contributed by atoms with Crippen LogP contribution in [0.15, 0.2) is 30.3 Å². The van der Waals surface area contributed by atoms with Crippen LogP contribution >= 0.6 is 0 Å². The van der Waals surface area contributed by atoms with Gasteiger partial charge in [-0.1, -0.05) is 30.3 Å². The van der Waals surface area contributed by atoms with Gasteiger partial charge in [0.15, 0.2) is 0 Å².